The van der Waals surface area contributed by atoms with E-state index in [0.29, 0.717) is 11.3 Å². The minimum Gasteiger partial charge on any atom is -0.497 e. The quantitative estimate of drug-likeness (QED) is 0.873. The van der Waals surface area contributed by atoms with Gasteiger partial charge in [-0.15, -0.1) is 0 Å². The number of ether oxygens (including phenoxy) is 1. The van der Waals surface area contributed by atoms with Gasteiger partial charge in [0.15, 0.2) is 0 Å². The van der Waals surface area contributed by atoms with E-state index in [-0.39, 0.29) is 5.63 Å². The van der Waals surface area contributed by atoms with Gasteiger partial charge in [-0.25, -0.2) is 4.79 Å². The van der Waals surface area contributed by atoms with E-state index in [1.165, 1.54) is 25.9 Å². The maximum Gasteiger partial charge on any atom is 0.336 e. The molecular formula is C17H22NO3+. The molecule has 0 spiro atoms. The van der Waals surface area contributed by atoms with E-state index in [9.17, 15) is 4.79 Å². The molecule has 0 radical (unpaired) electrons. The van der Waals surface area contributed by atoms with Gasteiger partial charge in [0.1, 0.15) is 17.9 Å². The van der Waals surface area contributed by atoms with E-state index in [4.69, 9.17) is 9.15 Å². The van der Waals surface area contributed by atoms with Gasteiger partial charge < -0.3 is 14.1 Å². The van der Waals surface area contributed by atoms with Crippen LogP contribution >= 0.6 is 0 Å². The molecule has 1 aromatic heterocycles. The van der Waals surface area contributed by atoms with Crippen LogP contribution in [0.2, 0.25) is 0 Å². The predicted octanol–water partition coefficient (Wildman–Crippen LogP) is 1.62. The zero-order chi connectivity index (χ0) is 14.8. The summed E-state index contributed by atoms with van der Waals surface area (Å²) in [5.74, 6) is 1.47. The van der Waals surface area contributed by atoms with Crippen molar-refractivity contribution < 1.29 is 14.1 Å². The molecule has 2 heterocycles. The van der Waals surface area contributed by atoms with Gasteiger partial charge in [0.05, 0.1) is 20.2 Å². The Balaban J connectivity index is 1.95. The molecule has 1 unspecified atom stereocenters. The summed E-state index contributed by atoms with van der Waals surface area (Å²) >= 11 is 0. The molecule has 1 aliphatic heterocycles. The summed E-state index contributed by atoms with van der Waals surface area (Å²) < 4.78 is 10.5. The van der Waals surface area contributed by atoms with Gasteiger partial charge in [0.2, 0.25) is 0 Å². The number of hydrogen-bond acceptors (Lipinski definition) is 3. The Hall–Kier alpha value is -1.81. The van der Waals surface area contributed by atoms with Crippen molar-refractivity contribution >= 4 is 11.0 Å². The van der Waals surface area contributed by atoms with Crippen molar-refractivity contribution in [2.75, 3.05) is 20.2 Å². The van der Waals surface area contributed by atoms with Gasteiger partial charge in [-0.2, -0.15) is 0 Å². The average Bonchev–Trinajstić information content (AvgIpc) is 2.46. The fourth-order valence-corrected chi connectivity index (χ4v) is 3.31. The number of fused-ring (bicyclic) bond motifs is 1. The highest BCUT2D eigenvalue weighted by Crippen LogP contribution is 2.22. The summed E-state index contributed by atoms with van der Waals surface area (Å²) in [6, 6.07) is 7.33. The Morgan fingerprint density at radius 2 is 2.24 bits per heavy atom. The Morgan fingerprint density at radius 3 is 3.00 bits per heavy atom. The lowest BCUT2D eigenvalue weighted by atomic mass is 9.99. The molecule has 112 valence electrons. The fraction of sp³-hybridized carbons (Fsp3) is 0.471. The number of nitrogens with one attached hydrogen (secondary N) is 1. The summed E-state index contributed by atoms with van der Waals surface area (Å²) in [4.78, 5) is 13.3. The first kappa shape index (κ1) is 14.1. The van der Waals surface area contributed by atoms with Crippen molar-refractivity contribution in [2.45, 2.75) is 26.3 Å². The molecule has 2 atom stereocenters. The number of benzene rings is 1. The molecule has 0 saturated carbocycles. The zero-order valence-corrected chi connectivity index (χ0v) is 12.6. The molecule has 1 fully saturated rings. The lowest BCUT2D eigenvalue weighted by Gasteiger charge is -2.28. The van der Waals surface area contributed by atoms with Crippen LogP contribution in [0.5, 0.6) is 5.75 Å². The maximum absolute atomic E-state index is 11.8. The molecule has 1 N–H and O–H groups in total. The Morgan fingerprint density at radius 1 is 1.38 bits per heavy atom. The summed E-state index contributed by atoms with van der Waals surface area (Å²) in [5, 5.41) is 1.01. The number of hydrogen-bond donors (Lipinski definition) is 1. The normalized spacial score (nSPS) is 22.4. The van der Waals surface area contributed by atoms with Crippen LogP contribution in [0.15, 0.2) is 33.5 Å². The minimum atomic E-state index is -0.282. The molecule has 1 aromatic carbocycles. The van der Waals surface area contributed by atoms with Crippen LogP contribution in [0.25, 0.3) is 11.0 Å². The first-order chi connectivity index (χ1) is 10.2. The van der Waals surface area contributed by atoms with Gasteiger partial charge in [0.25, 0.3) is 0 Å². The fourth-order valence-electron chi connectivity index (χ4n) is 3.31. The molecule has 2 aromatic rings. The molecule has 1 aliphatic rings. The van der Waals surface area contributed by atoms with Crippen LogP contribution in [0.4, 0.5) is 0 Å². The Kier molecular flexibility index (Phi) is 3.97. The molecule has 0 aliphatic carbocycles. The van der Waals surface area contributed by atoms with Crippen LogP contribution in [0.1, 0.15) is 25.3 Å². The summed E-state index contributed by atoms with van der Waals surface area (Å²) in [6.45, 7) is 5.56. The molecule has 3 rings (SSSR count). The van der Waals surface area contributed by atoms with Crippen LogP contribution in [0, 0.1) is 5.92 Å². The molecule has 0 bridgehead atoms. The van der Waals surface area contributed by atoms with Crippen LogP contribution in [0.3, 0.4) is 0 Å². The van der Waals surface area contributed by atoms with Crippen LogP contribution in [-0.4, -0.2) is 20.2 Å². The number of rotatable bonds is 3. The van der Waals surface area contributed by atoms with Crippen molar-refractivity contribution in [3.63, 3.8) is 0 Å². The van der Waals surface area contributed by atoms with Crippen molar-refractivity contribution in [1.29, 1.82) is 0 Å². The second-order valence-electron chi connectivity index (χ2n) is 6.08. The molecule has 1 saturated heterocycles. The van der Waals surface area contributed by atoms with E-state index in [1.807, 2.05) is 12.1 Å². The van der Waals surface area contributed by atoms with Crippen molar-refractivity contribution in [3.8, 4) is 5.75 Å². The van der Waals surface area contributed by atoms with E-state index in [0.717, 1.165) is 23.4 Å². The van der Waals surface area contributed by atoms with Gasteiger partial charge in [-0.05, 0) is 25.0 Å². The first-order valence-corrected chi connectivity index (χ1v) is 7.60. The van der Waals surface area contributed by atoms with E-state index >= 15 is 0 Å². The lowest BCUT2D eigenvalue weighted by Crippen LogP contribution is -3.12. The number of likely N-dealkylation sites (tertiary alicyclic amines) is 1. The largest absolute Gasteiger partial charge is 0.497 e. The van der Waals surface area contributed by atoms with Crippen molar-refractivity contribution in [2.24, 2.45) is 5.92 Å². The lowest BCUT2D eigenvalue weighted by molar-refractivity contribution is -0.922. The predicted molar refractivity (Wildman–Crippen MR) is 81.8 cm³/mol. The first-order valence-electron chi connectivity index (χ1n) is 7.60. The average molecular weight is 288 g/mol. The zero-order valence-electron chi connectivity index (χ0n) is 12.6. The molecule has 4 nitrogen and oxygen atoms in total. The Bertz CT molecular complexity index is 692. The third kappa shape index (κ3) is 3.10. The van der Waals surface area contributed by atoms with Gasteiger partial charge >= 0.3 is 5.63 Å². The van der Waals surface area contributed by atoms with Gasteiger partial charge in [-0.3, -0.25) is 0 Å². The SMILES string of the molecule is COc1ccc2c(C[NH+]3CCC[C@@H](C)C3)cc(=O)oc2c1. The monoisotopic (exact) mass is 288 g/mol. The molecular weight excluding hydrogens is 266 g/mol. The highest BCUT2D eigenvalue weighted by atomic mass is 16.5. The van der Waals surface area contributed by atoms with E-state index in [1.54, 1.807) is 24.1 Å². The van der Waals surface area contributed by atoms with E-state index < -0.39 is 0 Å². The van der Waals surface area contributed by atoms with Gasteiger partial charge in [0, 0.05) is 29.0 Å². The van der Waals surface area contributed by atoms with Crippen molar-refractivity contribution in [1.82, 2.24) is 0 Å². The second kappa shape index (κ2) is 5.90. The smallest absolute Gasteiger partial charge is 0.336 e. The number of piperidine rings is 1. The molecule has 4 heteroatoms. The van der Waals surface area contributed by atoms with Crippen molar-refractivity contribution in [3.05, 3.63) is 40.2 Å². The highest BCUT2D eigenvalue weighted by molar-refractivity contribution is 5.81. The molecule has 21 heavy (non-hydrogen) atoms. The minimum absolute atomic E-state index is 0.282. The highest BCUT2D eigenvalue weighted by Gasteiger charge is 2.21. The number of methoxy groups -OCH3 is 1. The Labute approximate surface area is 124 Å². The molecule has 0 amide bonds. The summed E-state index contributed by atoms with van der Waals surface area (Å²) in [7, 11) is 1.61. The van der Waals surface area contributed by atoms with Gasteiger partial charge in [-0.1, -0.05) is 6.92 Å². The summed E-state index contributed by atoms with van der Waals surface area (Å²) in [6.07, 6.45) is 2.59. The van der Waals surface area contributed by atoms with Crippen LogP contribution in [-0.2, 0) is 6.54 Å². The van der Waals surface area contributed by atoms with Crippen LogP contribution < -0.4 is 15.3 Å². The maximum atomic E-state index is 11.8. The number of quaternary nitrogens is 1. The third-order valence-electron chi connectivity index (χ3n) is 4.34. The summed E-state index contributed by atoms with van der Waals surface area (Å²) in [5.41, 5.74) is 1.41. The third-order valence-corrected chi connectivity index (χ3v) is 4.34. The standard InChI is InChI=1S/C17H21NO3/c1-12-4-3-7-18(10-12)11-13-8-17(19)21-16-9-14(20-2)5-6-15(13)16/h5-6,8-9,12H,3-4,7,10-11H2,1-2H3/p+1/t12-/m1/s1. The van der Waals surface area contributed by atoms with E-state index in [2.05, 4.69) is 6.92 Å². The topological polar surface area (TPSA) is 43.9 Å². The second-order valence-corrected chi connectivity index (χ2v) is 6.08.